The van der Waals surface area contributed by atoms with Crippen LogP contribution in [0, 0.1) is 13.8 Å². The number of aryl methyl sites for hydroxylation is 2. The van der Waals surface area contributed by atoms with Gasteiger partial charge in [0, 0.05) is 0 Å². The van der Waals surface area contributed by atoms with Gasteiger partial charge in [0.05, 0.1) is 68.4 Å². The Hall–Kier alpha value is -2.26. The van der Waals surface area contributed by atoms with Crippen molar-refractivity contribution in [3.05, 3.63) is 35.4 Å². The minimum Gasteiger partial charge on any atom is -1.00 e. The van der Waals surface area contributed by atoms with Crippen molar-refractivity contribution in [2.75, 3.05) is 56.9 Å². The second-order valence-corrected chi connectivity index (χ2v) is 18.4. The summed E-state index contributed by atoms with van der Waals surface area (Å²) >= 11 is 1.74. The van der Waals surface area contributed by atoms with Crippen molar-refractivity contribution >= 4 is 27.0 Å². The summed E-state index contributed by atoms with van der Waals surface area (Å²) in [5.74, 6) is 4.86. The SMILES string of the molecule is COc1c(OC)c(OC)c2[cH-]c(C)cc2c1OC.COc1c(OC)c(OC)c2[cH-]c(C)cc2c1OC.C[Si](C)=[Zr+2].[Cl-].[Cl-]. The minimum absolute atomic E-state index is 0. The van der Waals surface area contributed by atoms with Crippen molar-refractivity contribution in [3.8, 4) is 46.0 Å². The molecule has 0 aliphatic rings. The molecule has 4 rings (SSSR count). The van der Waals surface area contributed by atoms with Gasteiger partial charge >= 0.3 is 41.9 Å². The molecule has 0 unspecified atom stereocenters. The van der Waals surface area contributed by atoms with E-state index >= 15 is 0 Å². The Balaban J connectivity index is 0.000000682. The number of rotatable bonds is 8. The predicted molar refractivity (Wildman–Crippen MR) is 158 cm³/mol. The fourth-order valence-electron chi connectivity index (χ4n) is 4.51. The Labute approximate surface area is 276 Å². The van der Waals surface area contributed by atoms with Crippen LogP contribution in [0.1, 0.15) is 11.1 Å². The maximum absolute atomic E-state index is 5.44. The molecule has 42 heavy (non-hydrogen) atoms. The van der Waals surface area contributed by atoms with Crippen molar-refractivity contribution in [2.45, 2.75) is 26.9 Å². The molecule has 0 heterocycles. The van der Waals surface area contributed by atoms with Crippen LogP contribution < -0.4 is 62.7 Å². The Kier molecular flexibility index (Phi) is 17.4. The van der Waals surface area contributed by atoms with Crippen LogP contribution in [0.4, 0.5) is 0 Å². The van der Waals surface area contributed by atoms with E-state index in [-0.39, 0.29) is 30.2 Å². The zero-order chi connectivity index (χ0) is 30.1. The van der Waals surface area contributed by atoms with E-state index in [4.69, 9.17) is 37.9 Å². The number of halogens is 2. The third kappa shape index (κ3) is 8.43. The summed E-state index contributed by atoms with van der Waals surface area (Å²) < 4.78 is 43.3. The molecular formula is C30H40Cl2O8SiZr-2. The van der Waals surface area contributed by atoms with Gasteiger partial charge in [-0.1, -0.05) is 24.6 Å². The number of methoxy groups -OCH3 is 8. The van der Waals surface area contributed by atoms with E-state index in [9.17, 15) is 0 Å². The molecule has 0 aliphatic heterocycles. The van der Waals surface area contributed by atoms with Crippen LogP contribution in [0.5, 0.6) is 46.0 Å². The van der Waals surface area contributed by atoms with Crippen LogP contribution in [0.2, 0.25) is 13.1 Å². The minimum atomic E-state index is 0. The molecule has 0 fully saturated rings. The Morgan fingerprint density at radius 3 is 0.905 bits per heavy atom. The first kappa shape index (κ1) is 39.7. The summed E-state index contributed by atoms with van der Waals surface area (Å²) in [5.41, 5.74) is 2.48. The first-order valence-electron chi connectivity index (χ1n) is 12.5. The van der Waals surface area contributed by atoms with Crippen LogP contribution in [0.3, 0.4) is 0 Å². The van der Waals surface area contributed by atoms with Crippen molar-refractivity contribution in [2.24, 2.45) is 0 Å². The topological polar surface area (TPSA) is 73.8 Å². The van der Waals surface area contributed by atoms with Gasteiger partial charge in [-0.3, -0.25) is 0 Å². The van der Waals surface area contributed by atoms with E-state index in [1.54, 1.807) is 80.2 Å². The molecule has 0 bridgehead atoms. The number of fused-ring (bicyclic) bond motifs is 2. The Morgan fingerprint density at radius 1 is 0.476 bits per heavy atom. The molecule has 0 saturated heterocycles. The molecule has 4 aromatic carbocycles. The second kappa shape index (κ2) is 18.4. The standard InChI is InChI=1S/2C14H17O4.C2H6Si.2ClH.Zr/c2*1-8-6-9-10(7-8)12(16-3)14(18-5)13(17-4)11(9)15-2;1-3-2;;;/h2*6-7H,1-5H3;1-2H3;2*1H;/q2*-1;;;;+2/p-2. The molecule has 0 atom stereocenters. The normalized spacial score (nSPS) is 9.67. The van der Waals surface area contributed by atoms with E-state index in [0.717, 1.165) is 32.7 Å². The van der Waals surface area contributed by atoms with Crippen LogP contribution in [0.15, 0.2) is 24.3 Å². The maximum atomic E-state index is 5.44. The van der Waals surface area contributed by atoms with Crippen LogP contribution >= 0.6 is 0 Å². The van der Waals surface area contributed by atoms with Crippen molar-refractivity contribution in [3.63, 3.8) is 0 Å². The van der Waals surface area contributed by atoms with Crippen molar-refractivity contribution < 1.29 is 86.0 Å². The number of ether oxygens (including phenoxy) is 8. The Morgan fingerprint density at radius 2 is 0.690 bits per heavy atom. The van der Waals surface area contributed by atoms with Crippen LogP contribution in [-0.2, 0) is 23.3 Å². The zero-order valence-corrected chi connectivity index (χ0v) is 31.3. The fourth-order valence-corrected chi connectivity index (χ4v) is 4.51. The van der Waals surface area contributed by atoms with E-state index in [2.05, 4.69) is 13.1 Å². The van der Waals surface area contributed by atoms with Gasteiger partial charge < -0.3 is 62.7 Å². The summed E-state index contributed by atoms with van der Waals surface area (Å²) in [7, 11) is 12.8. The third-order valence-corrected chi connectivity index (χ3v) is 5.92. The quantitative estimate of drug-likeness (QED) is 0.194. The van der Waals surface area contributed by atoms with Gasteiger partial charge in [0.1, 0.15) is 11.5 Å². The molecule has 0 aliphatic carbocycles. The molecule has 0 saturated carbocycles. The van der Waals surface area contributed by atoms with Crippen molar-refractivity contribution in [1.29, 1.82) is 0 Å². The molecule has 0 N–H and O–H groups in total. The molecule has 0 spiro atoms. The molecule has 8 nitrogen and oxygen atoms in total. The van der Waals surface area contributed by atoms with Gasteiger partial charge in [0.25, 0.3) is 0 Å². The first-order valence-corrected chi connectivity index (χ1v) is 18.6. The van der Waals surface area contributed by atoms with Crippen LogP contribution in [-0.4, -0.2) is 62.3 Å². The fraction of sp³-hybridized carbons (Fsp3) is 0.400. The number of benzene rings is 2. The molecular weight excluding hydrogens is 679 g/mol. The van der Waals surface area contributed by atoms with E-state index < -0.39 is 0 Å². The molecule has 12 heteroatoms. The van der Waals surface area contributed by atoms with Crippen molar-refractivity contribution in [1.82, 2.24) is 0 Å². The van der Waals surface area contributed by atoms with Gasteiger partial charge in [-0.25, -0.2) is 0 Å². The average Bonchev–Trinajstić information content (AvgIpc) is 3.51. The summed E-state index contributed by atoms with van der Waals surface area (Å²) in [6.45, 7) is 8.67. The largest absolute Gasteiger partial charge is 1.00 e. The molecule has 4 aromatic rings. The molecule has 232 valence electrons. The summed E-state index contributed by atoms with van der Waals surface area (Å²) in [4.78, 5) is 0. The summed E-state index contributed by atoms with van der Waals surface area (Å²) in [6, 6.07) is 8.16. The third-order valence-electron chi connectivity index (χ3n) is 5.92. The zero-order valence-electron chi connectivity index (χ0n) is 26.3. The first-order chi connectivity index (χ1) is 19.1. The van der Waals surface area contributed by atoms with E-state index in [1.165, 1.54) is 0 Å². The smallest absolute Gasteiger partial charge is 1.00 e. The molecule has 0 radical (unpaired) electrons. The number of hydrogen-bond acceptors (Lipinski definition) is 8. The number of hydrogen-bond donors (Lipinski definition) is 0. The summed E-state index contributed by atoms with van der Waals surface area (Å²) in [5, 5.41) is 3.85. The maximum Gasteiger partial charge on any atom is -1.00 e. The van der Waals surface area contributed by atoms with Gasteiger partial charge in [-0.2, -0.15) is 12.1 Å². The average molecular weight is 719 g/mol. The van der Waals surface area contributed by atoms with Gasteiger partial charge in [0.2, 0.25) is 0 Å². The van der Waals surface area contributed by atoms with Gasteiger partial charge in [-0.05, 0) is 0 Å². The van der Waals surface area contributed by atoms with Gasteiger partial charge in [-0.15, -0.1) is 34.0 Å². The molecule has 0 aromatic heterocycles. The predicted octanol–water partition coefficient (Wildman–Crippen LogP) is 0.595. The van der Waals surface area contributed by atoms with E-state index in [1.807, 2.05) is 38.1 Å². The monoisotopic (exact) mass is 716 g/mol. The van der Waals surface area contributed by atoms with E-state index in [0.29, 0.717) is 46.0 Å². The van der Waals surface area contributed by atoms with Gasteiger partial charge in [0.15, 0.2) is 23.0 Å². The second-order valence-electron chi connectivity index (χ2n) is 8.99. The van der Waals surface area contributed by atoms with Crippen LogP contribution in [0.25, 0.3) is 21.5 Å². The molecule has 0 amide bonds. The summed E-state index contributed by atoms with van der Waals surface area (Å²) in [6.07, 6.45) is 0. The Bertz CT molecular complexity index is 1260.